The molecule has 1 heterocycles. The lowest BCUT2D eigenvalue weighted by atomic mass is 10.3. The highest BCUT2D eigenvalue weighted by molar-refractivity contribution is 4.99. The first-order valence-electron chi connectivity index (χ1n) is 3.36. The first kappa shape index (κ1) is 6.62. The average molecular weight is 126 g/mol. The lowest BCUT2D eigenvalue weighted by molar-refractivity contribution is 0.275. The number of hydrogen-bond donors (Lipinski definition) is 1. The summed E-state index contributed by atoms with van der Waals surface area (Å²) in [5, 5.41) is 3.18. The van der Waals surface area contributed by atoms with Gasteiger partial charge in [-0.15, -0.1) is 0 Å². The molecule has 0 aromatic rings. The second kappa shape index (κ2) is 2.40. The van der Waals surface area contributed by atoms with Gasteiger partial charge in [-0.25, -0.2) is 0 Å². The fourth-order valence-electron chi connectivity index (χ4n) is 0.935. The molecule has 0 amide bonds. The SMILES string of the molecule is C=C1CN(C(C)C)CN1. The smallest absolute Gasteiger partial charge is 0.0681 e. The van der Waals surface area contributed by atoms with E-state index in [9.17, 15) is 0 Å². The van der Waals surface area contributed by atoms with Crippen LogP contribution in [0.5, 0.6) is 0 Å². The van der Waals surface area contributed by atoms with Crippen LogP contribution < -0.4 is 5.32 Å². The third-order valence-corrected chi connectivity index (χ3v) is 1.66. The minimum Gasteiger partial charge on any atom is -0.375 e. The zero-order chi connectivity index (χ0) is 6.85. The quantitative estimate of drug-likeness (QED) is 0.558. The van der Waals surface area contributed by atoms with Crippen LogP contribution in [0.4, 0.5) is 0 Å². The van der Waals surface area contributed by atoms with E-state index < -0.39 is 0 Å². The number of rotatable bonds is 1. The summed E-state index contributed by atoms with van der Waals surface area (Å²) in [6.45, 7) is 10.2. The van der Waals surface area contributed by atoms with Crippen LogP contribution in [0.25, 0.3) is 0 Å². The van der Waals surface area contributed by atoms with E-state index in [1.807, 2.05) is 0 Å². The Bertz CT molecular complexity index is 118. The fourth-order valence-corrected chi connectivity index (χ4v) is 0.935. The van der Waals surface area contributed by atoms with Crippen LogP contribution in [-0.2, 0) is 0 Å². The minimum absolute atomic E-state index is 0.636. The van der Waals surface area contributed by atoms with Crippen LogP contribution in [-0.4, -0.2) is 24.2 Å². The highest BCUT2D eigenvalue weighted by Gasteiger charge is 2.15. The van der Waals surface area contributed by atoms with Crippen LogP contribution in [0.2, 0.25) is 0 Å². The summed E-state index contributed by atoms with van der Waals surface area (Å²) in [6.07, 6.45) is 0. The van der Waals surface area contributed by atoms with Crippen molar-refractivity contribution >= 4 is 0 Å². The molecule has 0 bridgehead atoms. The Hall–Kier alpha value is -0.500. The van der Waals surface area contributed by atoms with Gasteiger partial charge >= 0.3 is 0 Å². The van der Waals surface area contributed by atoms with Crippen molar-refractivity contribution in [2.24, 2.45) is 0 Å². The zero-order valence-electron chi connectivity index (χ0n) is 6.15. The largest absolute Gasteiger partial charge is 0.375 e. The van der Waals surface area contributed by atoms with Crippen LogP contribution in [0.1, 0.15) is 13.8 Å². The maximum absolute atomic E-state index is 3.83. The van der Waals surface area contributed by atoms with E-state index in [4.69, 9.17) is 0 Å². The summed E-state index contributed by atoms with van der Waals surface area (Å²) in [4.78, 5) is 2.34. The lowest BCUT2D eigenvalue weighted by Crippen LogP contribution is -2.29. The molecule has 1 N–H and O–H groups in total. The summed E-state index contributed by atoms with van der Waals surface area (Å²) in [7, 11) is 0. The van der Waals surface area contributed by atoms with E-state index >= 15 is 0 Å². The molecule has 2 nitrogen and oxygen atoms in total. The average Bonchev–Trinajstić information content (AvgIpc) is 2.14. The summed E-state index contributed by atoms with van der Waals surface area (Å²) in [5.74, 6) is 0. The van der Waals surface area contributed by atoms with Gasteiger partial charge in [0, 0.05) is 18.3 Å². The topological polar surface area (TPSA) is 15.3 Å². The van der Waals surface area contributed by atoms with Gasteiger partial charge in [0.25, 0.3) is 0 Å². The van der Waals surface area contributed by atoms with Crippen molar-refractivity contribution in [2.75, 3.05) is 13.2 Å². The molecule has 1 saturated heterocycles. The molecule has 1 rings (SSSR count). The van der Waals surface area contributed by atoms with Crippen LogP contribution >= 0.6 is 0 Å². The van der Waals surface area contributed by atoms with Crippen molar-refractivity contribution in [1.82, 2.24) is 10.2 Å². The monoisotopic (exact) mass is 126 g/mol. The predicted molar refractivity (Wildman–Crippen MR) is 39.0 cm³/mol. The van der Waals surface area contributed by atoms with Crippen molar-refractivity contribution in [3.8, 4) is 0 Å². The van der Waals surface area contributed by atoms with Crippen molar-refractivity contribution < 1.29 is 0 Å². The second-order valence-electron chi connectivity index (χ2n) is 2.78. The molecule has 0 saturated carbocycles. The van der Waals surface area contributed by atoms with Crippen LogP contribution in [0, 0.1) is 0 Å². The number of nitrogens with zero attached hydrogens (tertiary/aromatic N) is 1. The maximum Gasteiger partial charge on any atom is 0.0681 e. The van der Waals surface area contributed by atoms with E-state index in [2.05, 4.69) is 30.6 Å². The Kier molecular flexibility index (Phi) is 1.76. The molecule has 1 fully saturated rings. The highest BCUT2D eigenvalue weighted by Crippen LogP contribution is 2.05. The van der Waals surface area contributed by atoms with Crippen molar-refractivity contribution in [3.05, 3.63) is 12.3 Å². The summed E-state index contributed by atoms with van der Waals surface area (Å²) in [6, 6.07) is 0.636. The van der Waals surface area contributed by atoms with Gasteiger partial charge in [-0.1, -0.05) is 6.58 Å². The molecule has 9 heavy (non-hydrogen) atoms. The van der Waals surface area contributed by atoms with Gasteiger partial charge in [-0.2, -0.15) is 0 Å². The zero-order valence-corrected chi connectivity index (χ0v) is 6.15. The molecule has 0 unspecified atom stereocenters. The summed E-state index contributed by atoms with van der Waals surface area (Å²) >= 11 is 0. The number of hydrogen-bond acceptors (Lipinski definition) is 2. The second-order valence-corrected chi connectivity index (χ2v) is 2.78. The van der Waals surface area contributed by atoms with Gasteiger partial charge in [-0.3, -0.25) is 4.90 Å². The van der Waals surface area contributed by atoms with Gasteiger partial charge in [0.1, 0.15) is 0 Å². The summed E-state index contributed by atoms with van der Waals surface area (Å²) < 4.78 is 0. The van der Waals surface area contributed by atoms with E-state index in [1.54, 1.807) is 0 Å². The molecule has 0 aliphatic carbocycles. The Labute approximate surface area is 56.5 Å². The standard InChI is InChI=1S/C7H14N2/c1-6(2)9-4-7(3)8-5-9/h6,8H,3-5H2,1-2H3. The molecule has 1 aliphatic heterocycles. The summed E-state index contributed by atoms with van der Waals surface area (Å²) in [5.41, 5.74) is 1.14. The molecule has 0 aromatic carbocycles. The lowest BCUT2D eigenvalue weighted by Gasteiger charge is -2.16. The van der Waals surface area contributed by atoms with Gasteiger partial charge < -0.3 is 5.32 Å². The third-order valence-electron chi connectivity index (χ3n) is 1.66. The maximum atomic E-state index is 3.83. The van der Waals surface area contributed by atoms with Gasteiger partial charge in [0.2, 0.25) is 0 Å². The van der Waals surface area contributed by atoms with Crippen LogP contribution in [0.3, 0.4) is 0 Å². The third kappa shape index (κ3) is 1.45. The molecule has 2 heteroatoms. The first-order valence-corrected chi connectivity index (χ1v) is 3.36. The molecular formula is C7H14N2. The number of nitrogens with one attached hydrogen (secondary N) is 1. The Balaban J connectivity index is 2.39. The minimum atomic E-state index is 0.636. The fraction of sp³-hybridized carbons (Fsp3) is 0.714. The molecule has 52 valence electrons. The van der Waals surface area contributed by atoms with E-state index in [0.717, 1.165) is 18.9 Å². The molecule has 0 radical (unpaired) electrons. The normalized spacial score (nSPS) is 21.0. The van der Waals surface area contributed by atoms with Crippen molar-refractivity contribution in [2.45, 2.75) is 19.9 Å². The van der Waals surface area contributed by atoms with Crippen LogP contribution in [0.15, 0.2) is 12.3 Å². The highest BCUT2D eigenvalue weighted by atomic mass is 15.3. The van der Waals surface area contributed by atoms with E-state index in [1.165, 1.54) is 0 Å². The van der Waals surface area contributed by atoms with Gasteiger partial charge in [0.05, 0.1) is 6.67 Å². The van der Waals surface area contributed by atoms with Crippen molar-refractivity contribution in [3.63, 3.8) is 0 Å². The molecule has 0 atom stereocenters. The molecule has 0 aromatic heterocycles. The van der Waals surface area contributed by atoms with Gasteiger partial charge in [0.15, 0.2) is 0 Å². The molecular weight excluding hydrogens is 112 g/mol. The Morgan fingerprint density at radius 1 is 1.67 bits per heavy atom. The van der Waals surface area contributed by atoms with Crippen molar-refractivity contribution in [1.29, 1.82) is 0 Å². The first-order chi connectivity index (χ1) is 4.20. The Morgan fingerprint density at radius 3 is 2.56 bits per heavy atom. The Morgan fingerprint density at radius 2 is 2.33 bits per heavy atom. The predicted octanol–water partition coefficient (Wildman–Crippen LogP) is 0.771. The molecule has 0 spiro atoms. The molecule has 1 aliphatic rings. The van der Waals surface area contributed by atoms with E-state index in [0.29, 0.717) is 6.04 Å². The van der Waals surface area contributed by atoms with E-state index in [-0.39, 0.29) is 0 Å². The van der Waals surface area contributed by atoms with Gasteiger partial charge in [-0.05, 0) is 13.8 Å².